The van der Waals surface area contributed by atoms with Crippen molar-refractivity contribution in [3.8, 4) is 0 Å². The van der Waals surface area contributed by atoms with Crippen LogP contribution in [0.3, 0.4) is 0 Å². The number of rotatable bonds is 12. The number of likely N-dealkylation sites (N-methyl/N-ethyl adjacent to an activating group) is 1. The number of carbonyl (C=O) groups is 2. The molecule has 1 saturated heterocycles. The van der Waals surface area contributed by atoms with E-state index in [1.165, 1.54) is 0 Å². The third-order valence-corrected chi connectivity index (χ3v) is 6.80. The first-order valence-corrected chi connectivity index (χ1v) is 12.6. The van der Waals surface area contributed by atoms with Crippen molar-refractivity contribution in [2.45, 2.75) is 58.6 Å². The van der Waals surface area contributed by atoms with Crippen molar-refractivity contribution < 1.29 is 19.4 Å². The Kier molecular flexibility index (Phi) is 11.4. The van der Waals surface area contributed by atoms with Crippen molar-refractivity contribution in [2.24, 2.45) is 11.3 Å². The summed E-state index contributed by atoms with van der Waals surface area (Å²) in [5, 5.41) is 18.2. The fraction of sp³-hybridized carbons (Fsp3) is 0.680. The molecule has 192 valence electrons. The third-order valence-electron chi connectivity index (χ3n) is 6.56. The number of halogens is 1. The number of hydrogen-bond acceptors (Lipinski definition) is 4. The van der Waals surface area contributed by atoms with Gasteiger partial charge in [0.05, 0.1) is 12.7 Å². The van der Waals surface area contributed by atoms with Gasteiger partial charge >= 0.3 is 12.1 Å². The molecule has 1 heterocycles. The van der Waals surface area contributed by atoms with Crippen molar-refractivity contribution in [2.75, 3.05) is 39.8 Å². The molecule has 1 aromatic rings. The molecule has 9 heteroatoms. The summed E-state index contributed by atoms with van der Waals surface area (Å²) in [6.45, 7) is 9.06. The maximum absolute atomic E-state index is 13.2. The molecular weight excluding hydrogens is 456 g/mol. The molecule has 0 aliphatic carbocycles. The number of urea groups is 1. The van der Waals surface area contributed by atoms with E-state index in [0.717, 1.165) is 37.8 Å². The number of benzene rings is 1. The van der Waals surface area contributed by atoms with Crippen LogP contribution in [-0.2, 0) is 4.74 Å². The normalized spacial score (nSPS) is 18.3. The van der Waals surface area contributed by atoms with Crippen LogP contribution >= 0.6 is 11.6 Å². The minimum atomic E-state index is -1.08. The quantitative estimate of drug-likeness (QED) is 0.319. The van der Waals surface area contributed by atoms with E-state index in [9.17, 15) is 9.59 Å². The van der Waals surface area contributed by atoms with Crippen LogP contribution in [0.5, 0.6) is 0 Å². The van der Waals surface area contributed by atoms with Crippen molar-refractivity contribution in [3.63, 3.8) is 0 Å². The molecule has 0 spiro atoms. The summed E-state index contributed by atoms with van der Waals surface area (Å²) in [5.74, 6) is 0.0811. The summed E-state index contributed by atoms with van der Waals surface area (Å²) >= 11 is 6.24. The number of ether oxygens (including phenoxy) is 1. The Morgan fingerprint density at radius 1 is 1.35 bits per heavy atom. The first-order chi connectivity index (χ1) is 16.1. The van der Waals surface area contributed by atoms with Gasteiger partial charge in [-0.2, -0.15) is 0 Å². The van der Waals surface area contributed by atoms with Crippen LogP contribution in [0.4, 0.5) is 9.59 Å². The van der Waals surface area contributed by atoms with Gasteiger partial charge in [0.25, 0.3) is 0 Å². The molecule has 1 aliphatic rings. The minimum Gasteiger partial charge on any atom is -0.465 e. The number of nitrogens with zero attached hydrogens (tertiary/aromatic N) is 1. The number of piperidine rings is 1. The van der Waals surface area contributed by atoms with Gasteiger partial charge in [0.15, 0.2) is 0 Å². The molecule has 1 aliphatic heterocycles. The Morgan fingerprint density at radius 2 is 2.12 bits per heavy atom. The van der Waals surface area contributed by atoms with E-state index < -0.39 is 6.09 Å². The second-order valence-electron chi connectivity index (χ2n) is 9.85. The molecule has 0 bridgehead atoms. The summed E-state index contributed by atoms with van der Waals surface area (Å²) in [4.78, 5) is 25.9. The minimum absolute atomic E-state index is 0.0470. The first kappa shape index (κ1) is 28.2. The monoisotopic (exact) mass is 496 g/mol. The summed E-state index contributed by atoms with van der Waals surface area (Å²) in [6, 6.07) is 7.55. The number of carboxylic acid groups (broad SMARTS) is 1. The van der Waals surface area contributed by atoms with E-state index in [1.807, 2.05) is 36.2 Å². The first-order valence-electron chi connectivity index (χ1n) is 12.2. The number of hydrogen-bond donors (Lipinski definition) is 4. The molecule has 2 rings (SSSR count). The lowest BCUT2D eigenvalue weighted by atomic mass is 9.83. The van der Waals surface area contributed by atoms with Gasteiger partial charge in [-0.25, -0.2) is 9.59 Å². The molecule has 3 atom stereocenters. The average Bonchev–Trinajstić information content (AvgIpc) is 2.79. The largest absolute Gasteiger partial charge is 0.465 e. The SMILES string of the molecule is CCC(C)(C)C[C@@H](CNC)NC(=O)N1CCC[C@@H]([C@@H](OCCNC(=O)O)c2cccc(Cl)c2)C1. The van der Waals surface area contributed by atoms with Gasteiger partial charge in [-0.15, -0.1) is 0 Å². The van der Waals surface area contributed by atoms with Gasteiger partial charge in [-0.1, -0.05) is 50.9 Å². The smallest absolute Gasteiger partial charge is 0.404 e. The predicted octanol–water partition coefficient (Wildman–Crippen LogP) is 4.50. The molecule has 1 aromatic carbocycles. The number of likely N-dealkylation sites (tertiary alicyclic amines) is 1. The van der Waals surface area contributed by atoms with Crippen LogP contribution in [0.15, 0.2) is 24.3 Å². The zero-order valence-corrected chi connectivity index (χ0v) is 21.7. The van der Waals surface area contributed by atoms with Gasteiger partial charge in [0.1, 0.15) is 0 Å². The number of carbonyl (C=O) groups excluding carboxylic acids is 1. The highest BCUT2D eigenvalue weighted by atomic mass is 35.5. The zero-order valence-electron chi connectivity index (χ0n) is 20.9. The van der Waals surface area contributed by atoms with Crippen molar-refractivity contribution >= 4 is 23.7 Å². The Balaban J connectivity index is 2.08. The van der Waals surface area contributed by atoms with E-state index >= 15 is 0 Å². The predicted molar refractivity (Wildman–Crippen MR) is 135 cm³/mol. The summed E-state index contributed by atoms with van der Waals surface area (Å²) in [7, 11) is 1.90. The highest BCUT2D eigenvalue weighted by Crippen LogP contribution is 2.34. The molecule has 0 unspecified atom stereocenters. The fourth-order valence-corrected chi connectivity index (χ4v) is 4.67. The maximum Gasteiger partial charge on any atom is 0.404 e. The van der Waals surface area contributed by atoms with Crippen LogP contribution in [0.1, 0.15) is 58.1 Å². The molecule has 34 heavy (non-hydrogen) atoms. The van der Waals surface area contributed by atoms with E-state index in [1.54, 1.807) is 0 Å². The molecule has 1 fully saturated rings. The van der Waals surface area contributed by atoms with E-state index in [2.05, 4.69) is 36.7 Å². The van der Waals surface area contributed by atoms with Crippen LogP contribution in [-0.4, -0.2) is 68.0 Å². The van der Waals surface area contributed by atoms with Crippen LogP contribution in [0.2, 0.25) is 5.02 Å². The molecule has 0 aromatic heterocycles. The van der Waals surface area contributed by atoms with Gasteiger partial charge in [-0.3, -0.25) is 0 Å². The highest BCUT2D eigenvalue weighted by Gasteiger charge is 2.32. The van der Waals surface area contributed by atoms with E-state index in [0.29, 0.717) is 18.1 Å². The number of nitrogens with one attached hydrogen (secondary N) is 3. The van der Waals surface area contributed by atoms with Crippen LogP contribution < -0.4 is 16.0 Å². The summed E-state index contributed by atoms with van der Waals surface area (Å²) in [5.41, 5.74) is 1.09. The maximum atomic E-state index is 13.2. The molecule has 8 nitrogen and oxygen atoms in total. The number of amides is 3. The Morgan fingerprint density at radius 3 is 2.76 bits per heavy atom. The summed E-state index contributed by atoms with van der Waals surface area (Å²) in [6.07, 6.45) is 2.38. The van der Waals surface area contributed by atoms with Crippen molar-refractivity contribution in [1.82, 2.24) is 20.9 Å². The van der Waals surface area contributed by atoms with Gasteiger partial charge < -0.3 is 30.7 Å². The Labute approximate surface area is 208 Å². The third kappa shape index (κ3) is 9.31. The Bertz CT molecular complexity index is 792. The zero-order chi connectivity index (χ0) is 25.1. The van der Waals surface area contributed by atoms with E-state index in [4.69, 9.17) is 21.4 Å². The lowest BCUT2D eigenvalue weighted by Crippen LogP contribution is -2.52. The van der Waals surface area contributed by atoms with Crippen LogP contribution in [0, 0.1) is 11.3 Å². The fourth-order valence-electron chi connectivity index (χ4n) is 4.47. The average molecular weight is 497 g/mol. The van der Waals surface area contributed by atoms with E-state index in [-0.39, 0.29) is 42.7 Å². The summed E-state index contributed by atoms with van der Waals surface area (Å²) < 4.78 is 6.15. The lowest BCUT2D eigenvalue weighted by Gasteiger charge is -2.38. The second-order valence-corrected chi connectivity index (χ2v) is 10.3. The topological polar surface area (TPSA) is 103 Å². The highest BCUT2D eigenvalue weighted by molar-refractivity contribution is 6.30. The standard InChI is InChI=1S/C25H41ClN4O4/c1-5-25(2,3)15-21(16-27-4)29-23(31)30-12-7-9-19(17-30)22(34-13-11-28-24(32)33)18-8-6-10-20(26)14-18/h6,8,10,14,19,21-22,27-28H,5,7,9,11-13,15-17H2,1-4H3,(H,29,31)(H,32,33)/t19-,21+,22+/m1/s1. The lowest BCUT2D eigenvalue weighted by molar-refractivity contribution is -0.00853. The van der Waals surface area contributed by atoms with Crippen molar-refractivity contribution in [1.29, 1.82) is 0 Å². The second kappa shape index (κ2) is 13.8. The molecule has 3 amide bonds. The van der Waals surface area contributed by atoms with Gasteiger partial charge in [0.2, 0.25) is 0 Å². The molecule has 0 saturated carbocycles. The Hall–Kier alpha value is -2.03. The van der Waals surface area contributed by atoms with Gasteiger partial charge in [-0.05, 0) is 49.4 Å². The molecule has 4 N–H and O–H groups in total. The van der Waals surface area contributed by atoms with Gasteiger partial charge in [0, 0.05) is 43.2 Å². The molecule has 0 radical (unpaired) electrons. The van der Waals surface area contributed by atoms with Crippen LogP contribution in [0.25, 0.3) is 0 Å². The van der Waals surface area contributed by atoms with Crippen molar-refractivity contribution in [3.05, 3.63) is 34.9 Å². The molecular formula is C25H41ClN4O4.